The number of fused-ring (bicyclic) bond motifs is 3. The van der Waals surface area contributed by atoms with Gasteiger partial charge < -0.3 is 9.80 Å². The highest BCUT2D eigenvalue weighted by Gasteiger charge is 2.45. The van der Waals surface area contributed by atoms with Gasteiger partial charge >= 0.3 is 0 Å². The Morgan fingerprint density at radius 1 is 0.897 bits per heavy atom. The SMILES string of the molecule is CN1C[C@@H]2C[C@H]1CN2[C@@H]1CCN(c2nccc(-c3ccc4ccccc4c3)n2)C1. The van der Waals surface area contributed by atoms with Gasteiger partial charge in [0, 0.05) is 56.1 Å². The maximum absolute atomic E-state index is 4.94. The zero-order valence-electron chi connectivity index (χ0n) is 16.9. The molecule has 6 rings (SSSR count). The van der Waals surface area contributed by atoms with Crippen LogP contribution in [0.4, 0.5) is 5.95 Å². The van der Waals surface area contributed by atoms with Crippen molar-refractivity contribution in [1.29, 1.82) is 0 Å². The van der Waals surface area contributed by atoms with E-state index in [0.717, 1.165) is 42.4 Å². The van der Waals surface area contributed by atoms with Crippen molar-refractivity contribution in [2.45, 2.75) is 31.0 Å². The van der Waals surface area contributed by atoms with Crippen LogP contribution >= 0.6 is 0 Å². The van der Waals surface area contributed by atoms with Crippen LogP contribution in [0.2, 0.25) is 0 Å². The average molecular weight is 386 g/mol. The number of nitrogens with zero attached hydrogens (tertiary/aromatic N) is 5. The van der Waals surface area contributed by atoms with Gasteiger partial charge in [-0.3, -0.25) is 4.90 Å². The quantitative estimate of drug-likeness (QED) is 0.692. The van der Waals surface area contributed by atoms with Crippen molar-refractivity contribution >= 4 is 16.7 Å². The molecule has 2 bridgehead atoms. The summed E-state index contributed by atoms with van der Waals surface area (Å²) in [7, 11) is 2.27. The molecule has 5 nitrogen and oxygen atoms in total. The fraction of sp³-hybridized carbons (Fsp3) is 0.417. The van der Waals surface area contributed by atoms with E-state index < -0.39 is 0 Å². The lowest BCUT2D eigenvalue weighted by atomic mass is 10.1. The van der Waals surface area contributed by atoms with Crippen LogP contribution in [-0.4, -0.2) is 71.1 Å². The summed E-state index contributed by atoms with van der Waals surface area (Å²) in [6.45, 7) is 4.57. The molecule has 0 spiro atoms. The molecule has 4 heterocycles. The topological polar surface area (TPSA) is 35.5 Å². The zero-order valence-corrected chi connectivity index (χ0v) is 16.9. The third kappa shape index (κ3) is 3.00. The van der Waals surface area contributed by atoms with Crippen molar-refractivity contribution in [2.24, 2.45) is 0 Å². The van der Waals surface area contributed by atoms with Crippen LogP contribution in [0.25, 0.3) is 22.0 Å². The second-order valence-corrected chi connectivity index (χ2v) is 8.87. The van der Waals surface area contributed by atoms with E-state index in [0.29, 0.717) is 6.04 Å². The first-order valence-corrected chi connectivity index (χ1v) is 10.8. The Labute approximate surface area is 172 Å². The lowest BCUT2D eigenvalue weighted by Crippen LogP contribution is -2.50. The summed E-state index contributed by atoms with van der Waals surface area (Å²) < 4.78 is 0. The Hall–Kier alpha value is -2.50. The number of aromatic nitrogens is 2. The van der Waals surface area contributed by atoms with E-state index >= 15 is 0 Å². The number of hydrogen-bond donors (Lipinski definition) is 0. The van der Waals surface area contributed by atoms with Gasteiger partial charge in [0.25, 0.3) is 0 Å². The first kappa shape index (κ1) is 17.4. The molecule has 0 saturated carbocycles. The van der Waals surface area contributed by atoms with Gasteiger partial charge in [0.1, 0.15) is 0 Å². The van der Waals surface area contributed by atoms with Gasteiger partial charge in [0.15, 0.2) is 0 Å². The molecule has 0 amide bonds. The molecule has 5 heteroatoms. The number of hydrogen-bond acceptors (Lipinski definition) is 5. The smallest absolute Gasteiger partial charge is 0.225 e. The van der Waals surface area contributed by atoms with E-state index in [2.05, 4.69) is 69.2 Å². The summed E-state index contributed by atoms with van der Waals surface area (Å²) >= 11 is 0. The highest BCUT2D eigenvalue weighted by atomic mass is 15.4. The van der Waals surface area contributed by atoms with Crippen LogP contribution in [0.1, 0.15) is 12.8 Å². The number of benzene rings is 2. The molecule has 1 aromatic heterocycles. The zero-order chi connectivity index (χ0) is 19.4. The summed E-state index contributed by atoms with van der Waals surface area (Å²) in [4.78, 5) is 17.2. The van der Waals surface area contributed by atoms with Gasteiger partial charge in [0.2, 0.25) is 5.95 Å². The van der Waals surface area contributed by atoms with E-state index in [1.54, 1.807) is 0 Å². The van der Waals surface area contributed by atoms with Crippen molar-refractivity contribution in [3.8, 4) is 11.3 Å². The summed E-state index contributed by atoms with van der Waals surface area (Å²) in [5.74, 6) is 0.875. The summed E-state index contributed by atoms with van der Waals surface area (Å²) in [5, 5.41) is 2.51. The maximum atomic E-state index is 4.94. The molecule has 3 aromatic rings. The number of rotatable bonds is 3. The predicted octanol–water partition coefficient (Wildman–Crippen LogP) is 3.26. The predicted molar refractivity (Wildman–Crippen MR) is 117 cm³/mol. The van der Waals surface area contributed by atoms with E-state index in [1.807, 2.05) is 12.3 Å². The van der Waals surface area contributed by atoms with Crippen LogP contribution < -0.4 is 4.90 Å². The molecule has 3 saturated heterocycles. The summed E-state index contributed by atoms with van der Waals surface area (Å²) in [5.41, 5.74) is 2.16. The Bertz CT molecular complexity index is 1050. The Morgan fingerprint density at radius 2 is 1.79 bits per heavy atom. The van der Waals surface area contributed by atoms with E-state index in [4.69, 9.17) is 4.98 Å². The Morgan fingerprint density at radius 3 is 2.62 bits per heavy atom. The average Bonchev–Trinajstić information content (AvgIpc) is 3.49. The third-order valence-electron chi connectivity index (χ3n) is 7.16. The molecule has 3 aliphatic heterocycles. The van der Waals surface area contributed by atoms with Crippen molar-refractivity contribution in [2.75, 3.05) is 38.1 Å². The molecule has 3 aliphatic rings. The minimum atomic E-state index is 0.645. The number of likely N-dealkylation sites (N-methyl/N-ethyl adjacent to an activating group) is 1. The van der Waals surface area contributed by atoms with Gasteiger partial charge in [-0.1, -0.05) is 36.4 Å². The van der Waals surface area contributed by atoms with Gasteiger partial charge in [-0.25, -0.2) is 9.97 Å². The number of piperazine rings is 1. The first-order chi connectivity index (χ1) is 14.2. The second-order valence-electron chi connectivity index (χ2n) is 8.87. The molecule has 0 N–H and O–H groups in total. The molecule has 0 unspecified atom stereocenters. The fourth-order valence-electron chi connectivity index (χ4n) is 5.55. The molecule has 0 aliphatic carbocycles. The molecule has 0 radical (unpaired) electrons. The van der Waals surface area contributed by atoms with Crippen LogP contribution in [0.5, 0.6) is 0 Å². The third-order valence-corrected chi connectivity index (χ3v) is 7.16. The molecular weight excluding hydrogens is 358 g/mol. The van der Waals surface area contributed by atoms with Crippen LogP contribution in [0.15, 0.2) is 54.7 Å². The summed E-state index contributed by atoms with van der Waals surface area (Å²) in [6, 6.07) is 19.2. The number of likely N-dealkylation sites (tertiary alicyclic amines) is 2. The minimum Gasteiger partial charge on any atom is -0.339 e. The van der Waals surface area contributed by atoms with Crippen molar-refractivity contribution in [1.82, 2.24) is 19.8 Å². The Kier molecular flexibility index (Phi) is 4.06. The van der Waals surface area contributed by atoms with Gasteiger partial charge in [0.05, 0.1) is 5.69 Å². The molecule has 3 atom stereocenters. The lowest BCUT2D eigenvalue weighted by molar-refractivity contribution is 0.114. The molecule has 2 aromatic carbocycles. The van der Waals surface area contributed by atoms with E-state index in [-0.39, 0.29) is 0 Å². The van der Waals surface area contributed by atoms with Crippen LogP contribution in [0, 0.1) is 0 Å². The Balaban J connectivity index is 1.22. The molecule has 3 fully saturated rings. The number of anilines is 1. The fourth-order valence-corrected chi connectivity index (χ4v) is 5.55. The minimum absolute atomic E-state index is 0.645. The van der Waals surface area contributed by atoms with Crippen LogP contribution in [-0.2, 0) is 0 Å². The molecular formula is C24H27N5. The van der Waals surface area contributed by atoms with E-state index in [1.165, 1.54) is 36.7 Å². The highest BCUT2D eigenvalue weighted by Crippen LogP contribution is 2.34. The lowest BCUT2D eigenvalue weighted by Gasteiger charge is -2.36. The highest BCUT2D eigenvalue weighted by molar-refractivity contribution is 5.86. The van der Waals surface area contributed by atoms with Crippen molar-refractivity contribution in [3.05, 3.63) is 54.7 Å². The normalized spacial score (nSPS) is 27.3. The second kappa shape index (κ2) is 6.78. The van der Waals surface area contributed by atoms with E-state index in [9.17, 15) is 0 Å². The molecule has 29 heavy (non-hydrogen) atoms. The van der Waals surface area contributed by atoms with Crippen LogP contribution in [0.3, 0.4) is 0 Å². The van der Waals surface area contributed by atoms with Crippen molar-refractivity contribution < 1.29 is 0 Å². The maximum Gasteiger partial charge on any atom is 0.225 e. The van der Waals surface area contributed by atoms with Gasteiger partial charge in [-0.05, 0) is 42.8 Å². The largest absolute Gasteiger partial charge is 0.339 e. The van der Waals surface area contributed by atoms with Gasteiger partial charge in [-0.15, -0.1) is 0 Å². The standard InChI is InChI=1S/C24H27N5/c1-27-14-22-13-21(27)16-29(22)20-9-11-28(15-20)24-25-10-8-23(26-24)19-7-6-17-4-2-3-5-18(17)12-19/h2-8,10,12,20-22H,9,11,13-16H2,1H3/t20-,21+,22+/m1/s1. The van der Waals surface area contributed by atoms with Crippen molar-refractivity contribution in [3.63, 3.8) is 0 Å². The molecule has 148 valence electrons. The monoisotopic (exact) mass is 385 g/mol. The first-order valence-electron chi connectivity index (χ1n) is 10.8. The summed E-state index contributed by atoms with van der Waals surface area (Å²) in [6.07, 6.45) is 4.48. The van der Waals surface area contributed by atoms with Gasteiger partial charge in [-0.2, -0.15) is 0 Å².